The van der Waals surface area contributed by atoms with Crippen LogP contribution in [0.25, 0.3) is 10.9 Å². The van der Waals surface area contributed by atoms with Gasteiger partial charge in [0.05, 0.1) is 18.2 Å². The summed E-state index contributed by atoms with van der Waals surface area (Å²) in [6, 6.07) is 2.88. The fourth-order valence-corrected chi connectivity index (χ4v) is 4.38. The molecule has 0 radical (unpaired) electrons. The van der Waals surface area contributed by atoms with E-state index in [0.717, 1.165) is 58.5 Å². The van der Waals surface area contributed by atoms with Crippen molar-refractivity contribution in [3.63, 3.8) is 0 Å². The van der Waals surface area contributed by atoms with Gasteiger partial charge in [0.1, 0.15) is 29.4 Å². The third-order valence-corrected chi connectivity index (χ3v) is 6.17. The SMILES string of the molecule is O=c1[nH]c(COC2CCN(CCCl)CC2)nc2cc(OCC3CCOCC3)cc(F)c12. The molecule has 3 heterocycles. The van der Waals surface area contributed by atoms with Gasteiger partial charge < -0.3 is 24.1 Å². The molecule has 7 nitrogen and oxygen atoms in total. The standard InChI is InChI=1S/C22H29ClFN3O4/c23-5-8-27-6-1-16(2-7-27)31-14-20-25-19-12-17(11-18(24)21(19)22(28)26-20)30-13-15-3-9-29-10-4-15/h11-12,15-16H,1-10,13-14H2,(H,25,26,28). The Morgan fingerprint density at radius 2 is 2.00 bits per heavy atom. The zero-order valence-corrected chi connectivity index (χ0v) is 18.3. The molecule has 170 valence electrons. The molecule has 1 aromatic carbocycles. The molecule has 2 saturated heterocycles. The lowest BCUT2D eigenvalue weighted by atomic mass is 10.0. The van der Waals surface area contributed by atoms with Crippen LogP contribution in [0.5, 0.6) is 5.75 Å². The van der Waals surface area contributed by atoms with Crippen LogP contribution >= 0.6 is 11.6 Å². The van der Waals surface area contributed by atoms with Gasteiger partial charge in [0.15, 0.2) is 0 Å². The number of likely N-dealkylation sites (tertiary alicyclic amines) is 1. The van der Waals surface area contributed by atoms with Crippen molar-refractivity contribution in [3.05, 3.63) is 34.1 Å². The molecule has 0 amide bonds. The predicted octanol–water partition coefficient (Wildman–Crippen LogP) is 3.09. The first-order valence-electron chi connectivity index (χ1n) is 11.0. The van der Waals surface area contributed by atoms with Crippen molar-refractivity contribution in [2.75, 3.05) is 45.3 Å². The van der Waals surface area contributed by atoms with Gasteiger partial charge in [-0.25, -0.2) is 9.37 Å². The maximum atomic E-state index is 14.6. The molecule has 0 spiro atoms. The molecule has 2 aliphatic rings. The van der Waals surface area contributed by atoms with Gasteiger partial charge >= 0.3 is 0 Å². The molecule has 0 bridgehead atoms. The molecular formula is C22H29ClFN3O4. The number of piperidine rings is 1. The number of aromatic nitrogens is 2. The van der Waals surface area contributed by atoms with E-state index < -0.39 is 11.4 Å². The number of H-pyrrole nitrogens is 1. The molecule has 2 aromatic rings. The van der Waals surface area contributed by atoms with Gasteiger partial charge in [0, 0.05) is 50.9 Å². The van der Waals surface area contributed by atoms with Crippen molar-refractivity contribution in [2.24, 2.45) is 5.92 Å². The van der Waals surface area contributed by atoms with Crippen molar-refractivity contribution in [1.29, 1.82) is 0 Å². The maximum absolute atomic E-state index is 14.6. The van der Waals surface area contributed by atoms with Crippen molar-refractivity contribution >= 4 is 22.5 Å². The normalized spacial score (nSPS) is 19.2. The van der Waals surface area contributed by atoms with E-state index in [4.69, 9.17) is 25.8 Å². The van der Waals surface area contributed by atoms with Gasteiger partial charge in [-0.05, 0) is 31.6 Å². The van der Waals surface area contributed by atoms with E-state index in [0.29, 0.717) is 30.0 Å². The highest BCUT2D eigenvalue weighted by atomic mass is 35.5. The molecule has 4 rings (SSSR count). The monoisotopic (exact) mass is 453 g/mol. The summed E-state index contributed by atoms with van der Waals surface area (Å²) in [6.07, 6.45) is 3.79. The van der Waals surface area contributed by atoms with Crippen molar-refractivity contribution in [3.8, 4) is 5.75 Å². The first-order chi connectivity index (χ1) is 15.1. The van der Waals surface area contributed by atoms with E-state index >= 15 is 0 Å². The minimum atomic E-state index is -0.632. The van der Waals surface area contributed by atoms with Crippen LogP contribution in [0.4, 0.5) is 4.39 Å². The van der Waals surface area contributed by atoms with Crippen LogP contribution in [0.15, 0.2) is 16.9 Å². The largest absolute Gasteiger partial charge is 0.493 e. The lowest BCUT2D eigenvalue weighted by Crippen LogP contribution is -2.38. The molecule has 0 aliphatic carbocycles. The maximum Gasteiger partial charge on any atom is 0.261 e. The predicted molar refractivity (Wildman–Crippen MR) is 116 cm³/mol. The molecule has 1 aromatic heterocycles. The first kappa shape index (κ1) is 22.5. The topological polar surface area (TPSA) is 76.7 Å². The Morgan fingerprint density at radius 1 is 1.23 bits per heavy atom. The highest BCUT2D eigenvalue weighted by Crippen LogP contribution is 2.23. The fraction of sp³-hybridized carbons (Fsp3) is 0.636. The van der Waals surface area contributed by atoms with Gasteiger partial charge in [-0.3, -0.25) is 4.79 Å². The van der Waals surface area contributed by atoms with Crippen LogP contribution in [0.3, 0.4) is 0 Å². The number of hydrogen-bond acceptors (Lipinski definition) is 6. The van der Waals surface area contributed by atoms with Crippen LogP contribution in [-0.4, -0.2) is 66.3 Å². The minimum Gasteiger partial charge on any atom is -0.493 e. The van der Waals surface area contributed by atoms with Crippen molar-refractivity contribution in [1.82, 2.24) is 14.9 Å². The summed E-state index contributed by atoms with van der Waals surface area (Å²) in [7, 11) is 0. The summed E-state index contributed by atoms with van der Waals surface area (Å²) in [5.74, 6) is 1.16. The van der Waals surface area contributed by atoms with Gasteiger partial charge in [0.25, 0.3) is 5.56 Å². The first-order valence-corrected chi connectivity index (χ1v) is 11.5. The minimum absolute atomic E-state index is 0.0588. The zero-order valence-electron chi connectivity index (χ0n) is 17.6. The van der Waals surface area contributed by atoms with Crippen LogP contribution in [-0.2, 0) is 16.1 Å². The highest BCUT2D eigenvalue weighted by Gasteiger charge is 2.20. The van der Waals surface area contributed by atoms with Gasteiger partial charge in [-0.1, -0.05) is 0 Å². The molecule has 0 unspecified atom stereocenters. The summed E-state index contributed by atoms with van der Waals surface area (Å²) in [6.45, 7) is 4.91. The molecule has 1 N–H and O–H groups in total. The number of aromatic amines is 1. The van der Waals surface area contributed by atoms with Crippen LogP contribution in [0, 0.1) is 11.7 Å². The number of rotatable bonds is 8. The second-order valence-corrected chi connectivity index (χ2v) is 8.60. The smallest absolute Gasteiger partial charge is 0.261 e. The fourth-order valence-electron chi connectivity index (χ4n) is 4.14. The Kier molecular flexibility index (Phi) is 7.76. The number of benzene rings is 1. The zero-order chi connectivity index (χ0) is 21.6. The van der Waals surface area contributed by atoms with Crippen LogP contribution < -0.4 is 10.3 Å². The number of alkyl halides is 1. The van der Waals surface area contributed by atoms with Gasteiger partial charge in [0.2, 0.25) is 0 Å². The van der Waals surface area contributed by atoms with E-state index in [2.05, 4.69) is 14.9 Å². The average molecular weight is 454 g/mol. The van der Waals surface area contributed by atoms with Crippen molar-refractivity contribution in [2.45, 2.75) is 38.4 Å². The average Bonchev–Trinajstić information content (AvgIpc) is 2.78. The summed E-state index contributed by atoms with van der Waals surface area (Å²) in [5.41, 5.74) is -0.227. The quantitative estimate of drug-likeness (QED) is 0.619. The second kappa shape index (κ2) is 10.7. The molecule has 0 saturated carbocycles. The Labute approximate surface area is 185 Å². The Morgan fingerprint density at radius 3 is 2.74 bits per heavy atom. The van der Waals surface area contributed by atoms with E-state index in [-0.39, 0.29) is 23.6 Å². The highest BCUT2D eigenvalue weighted by molar-refractivity contribution is 6.18. The number of nitrogens with one attached hydrogen (secondary N) is 1. The lowest BCUT2D eigenvalue weighted by Gasteiger charge is -2.31. The van der Waals surface area contributed by atoms with Gasteiger partial charge in [-0.15, -0.1) is 11.6 Å². The number of halogens is 2. The molecule has 2 aliphatic heterocycles. The summed E-state index contributed by atoms with van der Waals surface area (Å²) >= 11 is 5.80. The molecule has 0 atom stereocenters. The third-order valence-electron chi connectivity index (χ3n) is 6.00. The number of nitrogens with zero attached hydrogens (tertiary/aromatic N) is 2. The van der Waals surface area contributed by atoms with Crippen molar-refractivity contribution < 1.29 is 18.6 Å². The number of ether oxygens (including phenoxy) is 3. The Balaban J connectivity index is 1.40. The second-order valence-electron chi connectivity index (χ2n) is 8.22. The van der Waals surface area contributed by atoms with E-state index in [1.165, 1.54) is 6.07 Å². The van der Waals surface area contributed by atoms with E-state index in [9.17, 15) is 9.18 Å². The van der Waals surface area contributed by atoms with E-state index in [1.54, 1.807) is 6.07 Å². The van der Waals surface area contributed by atoms with Gasteiger partial charge in [-0.2, -0.15) is 0 Å². The summed E-state index contributed by atoms with van der Waals surface area (Å²) in [4.78, 5) is 21.8. The van der Waals surface area contributed by atoms with Crippen LogP contribution in [0.1, 0.15) is 31.5 Å². The lowest BCUT2D eigenvalue weighted by molar-refractivity contribution is -0.00405. The van der Waals surface area contributed by atoms with E-state index in [1.807, 2.05) is 0 Å². The Bertz CT molecular complexity index is 927. The van der Waals surface area contributed by atoms with Crippen LogP contribution in [0.2, 0.25) is 0 Å². The third kappa shape index (κ3) is 5.94. The molecule has 9 heteroatoms. The molecule has 2 fully saturated rings. The summed E-state index contributed by atoms with van der Waals surface area (Å²) in [5, 5.41) is -0.0588. The molecular weight excluding hydrogens is 425 g/mol. The summed E-state index contributed by atoms with van der Waals surface area (Å²) < 4.78 is 31.7. The number of fused-ring (bicyclic) bond motifs is 1. The number of hydrogen-bond donors (Lipinski definition) is 1. The molecule has 31 heavy (non-hydrogen) atoms. The Hall–Kier alpha value is -1.74.